The number of hydrogen-bond donors (Lipinski definition) is 1. The van der Waals surface area contributed by atoms with Crippen molar-refractivity contribution in [3.05, 3.63) is 47.8 Å². The molecule has 0 fully saturated rings. The van der Waals surface area contributed by atoms with Crippen LogP contribution in [0.15, 0.2) is 36.4 Å². The summed E-state index contributed by atoms with van der Waals surface area (Å²) in [4.78, 5) is 4.60. The molecule has 3 rings (SSSR count). The van der Waals surface area contributed by atoms with Gasteiger partial charge in [-0.2, -0.15) is 0 Å². The Bertz CT molecular complexity index is 821. The van der Waals surface area contributed by atoms with Crippen LogP contribution in [0.25, 0.3) is 22.4 Å². The van der Waals surface area contributed by atoms with Crippen molar-refractivity contribution in [2.24, 2.45) is 0 Å². The lowest BCUT2D eigenvalue weighted by atomic mass is 10.1. The van der Waals surface area contributed by atoms with E-state index >= 15 is 0 Å². The summed E-state index contributed by atoms with van der Waals surface area (Å²) in [5, 5.41) is 9.56. The van der Waals surface area contributed by atoms with E-state index in [1.54, 1.807) is 18.2 Å². The molecule has 2 aromatic carbocycles. The Morgan fingerprint density at radius 1 is 1.14 bits per heavy atom. The van der Waals surface area contributed by atoms with E-state index in [-0.39, 0.29) is 17.6 Å². The molecule has 108 valence electrons. The van der Waals surface area contributed by atoms with Gasteiger partial charge in [0.15, 0.2) is 0 Å². The smallest absolute Gasteiger partial charge is 0.141 e. The summed E-state index contributed by atoms with van der Waals surface area (Å²) in [5.41, 5.74) is 3.44. The van der Waals surface area contributed by atoms with Crippen LogP contribution < -0.4 is 0 Å². The molecule has 0 radical (unpaired) electrons. The maximum absolute atomic E-state index is 13.4. The van der Waals surface area contributed by atoms with E-state index in [1.807, 2.05) is 13.0 Å². The van der Waals surface area contributed by atoms with Gasteiger partial charge < -0.3 is 9.67 Å². The lowest BCUT2D eigenvalue weighted by Crippen LogP contribution is -2.03. The Labute approximate surface area is 122 Å². The third-order valence-corrected chi connectivity index (χ3v) is 3.62. The van der Waals surface area contributed by atoms with Crippen molar-refractivity contribution in [2.45, 2.75) is 26.8 Å². The molecule has 0 saturated carbocycles. The van der Waals surface area contributed by atoms with Gasteiger partial charge >= 0.3 is 0 Å². The topological polar surface area (TPSA) is 38.1 Å². The second-order valence-electron chi connectivity index (χ2n) is 5.53. The molecule has 0 aliphatic carbocycles. The van der Waals surface area contributed by atoms with E-state index in [0.717, 1.165) is 22.5 Å². The number of imidazole rings is 1. The van der Waals surface area contributed by atoms with Crippen molar-refractivity contribution in [1.29, 1.82) is 0 Å². The van der Waals surface area contributed by atoms with Gasteiger partial charge in [0.05, 0.1) is 11.0 Å². The molecule has 3 nitrogen and oxygen atoms in total. The number of benzene rings is 2. The van der Waals surface area contributed by atoms with Crippen LogP contribution >= 0.6 is 0 Å². The molecular weight excluding hydrogens is 267 g/mol. The molecule has 0 unspecified atom stereocenters. The first-order valence-electron chi connectivity index (χ1n) is 6.95. The monoisotopic (exact) mass is 284 g/mol. The Hall–Kier alpha value is -2.36. The number of aromatic hydroxyl groups is 1. The molecule has 0 aliphatic rings. The number of aromatic nitrogens is 2. The number of hydrogen-bond acceptors (Lipinski definition) is 2. The van der Waals surface area contributed by atoms with Gasteiger partial charge in [0, 0.05) is 17.7 Å². The predicted molar refractivity (Wildman–Crippen MR) is 81.9 cm³/mol. The molecule has 0 atom stereocenters. The van der Waals surface area contributed by atoms with Gasteiger partial charge in [0.25, 0.3) is 0 Å². The van der Waals surface area contributed by atoms with Crippen molar-refractivity contribution in [3.63, 3.8) is 0 Å². The second kappa shape index (κ2) is 4.88. The summed E-state index contributed by atoms with van der Waals surface area (Å²) in [6.07, 6.45) is 0. The van der Waals surface area contributed by atoms with E-state index in [4.69, 9.17) is 0 Å². The van der Waals surface area contributed by atoms with Crippen LogP contribution in [0, 0.1) is 12.7 Å². The quantitative estimate of drug-likeness (QED) is 0.755. The number of fused-ring (bicyclic) bond motifs is 1. The number of phenols is 1. The Morgan fingerprint density at radius 2 is 1.90 bits per heavy atom. The molecule has 3 aromatic rings. The van der Waals surface area contributed by atoms with Gasteiger partial charge in [-0.05, 0) is 56.7 Å². The van der Waals surface area contributed by atoms with Gasteiger partial charge in [-0.3, -0.25) is 0 Å². The Balaban J connectivity index is 2.33. The fraction of sp³-hybridized carbons (Fsp3) is 0.235. The second-order valence-corrected chi connectivity index (χ2v) is 5.53. The highest BCUT2D eigenvalue weighted by molar-refractivity contribution is 5.81. The van der Waals surface area contributed by atoms with E-state index in [0.29, 0.717) is 5.52 Å². The van der Waals surface area contributed by atoms with Crippen LogP contribution in [0.5, 0.6) is 5.75 Å². The average molecular weight is 284 g/mol. The summed E-state index contributed by atoms with van der Waals surface area (Å²) >= 11 is 0. The normalized spacial score (nSPS) is 11.5. The molecule has 0 amide bonds. The molecular formula is C17H17FN2O. The highest BCUT2D eigenvalue weighted by atomic mass is 19.1. The zero-order valence-electron chi connectivity index (χ0n) is 12.3. The van der Waals surface area contributed by atoms with Crippen LogP contribution in [-0.2, 0) is 0 Å². The van der Waals surface area contributed by atoms with Crippen molar-refractivity contribution >= 4 is 11.0 Å². The van der Waals surface area contributed by atoms with Gasteiger partial charge in [0.2, 0.25) is 0 Å². The van der Waals surface area contributed by atoms with Crippen molar-refractivity contribution < 1.29 is 9.50 Å². The van der Waals surface area contributed by atoms with Gasteiger partial charge in [-0.1, -0.05) is 0 Å². The van der Waals surface area contributed by atoms with Gasteiger partial charge in [0.1, 0.15) is 17.4 Å². The van der Waals surface area contributed by atoms with Crippen LogP contribution in [0.3, 0.4) is 0 Å². The molecule has 21 heavy (non-hydrogen) atoms. The standard InChI is InChI=1S/C17H17FN2O/c1-10(2)20-16-7-4-12(18)9-15(16)19-17(20)14-6-5-13(21)8-11(14)3/h4-10,21H,1-3H3. The Kier molecular flexibility index (Phi) is 3.16. The van der Waals surface area contributed by atoms with E-state index in [1.165, 1.54) is 12.1 Å². The predicted octanol–water partition coefficient (Wildman–Crippen LogP) is 4.44. The number of nitrogens with zero attached hydrogens (tertiary/aromatic N) is 2. The van der Waals surface area contributed by atoms with E-state index in [2.05, 4.69) is 23.4 Å². The molecule has 4 heteroatoms. The first-order valence-corrected chi connectivity index (χ1v) is 6.95. The highest BCUT2D eigenvalue weighted by Crippen LogP contribution is 2.31. The number of rotatable bonds is 2. The maximum atomic E-state index is 13.4. The van der Waals surface area contributed by atoms with Crippen molar-refractivity contribution in [1.82, 2.24) is 9.55 Å². The van der Waals surface area contributed by atoms with Crippen LogP contribution in [0.2, 0.25) is 0 Å². The first kappa shape index (κ1) is 13.6. The third-order valence-electron chi connectivity index (χ3n) is 3.62. The third kappa shape index (κ3) is 2.27. The first-order chi connectivity index (χ1) is 9.97. The highest BCUT2D eigenvalue weighted by Gasteiger charge is 2.17. The fourth-order valence-corrected chi connectivity index (χ4v) is 2.68. The van der Waals surface area contributed by atoms with Gasteiger partial charge in [-0.25, -0.2) is 9.37 Å². The van der Waals surface area contributed by atoms with E-state index in [9.17, 15) is 9.50 Å². The Morgan fingerprint density at radius 3 is 2.57 bits per heavy atom. The zero-order chi connectivity index (χ0) is 15.1. The maximum Gasteiger partial charge on any atom is 0.141 e. The largest absolute Gasteiger partial charge is 0.508 e. The molecule has 1 N–H and O–H groups in total. The molecule has 0 bridgehead atoms. The summed E-state index contributed by atoms with van der Waals surface area (Å²) < 4.78 is 15.5. The van der Waals surface area contributed by atoms with Crippen LogP contribution in [0.4, 0.5) is 4.39 Å². The minimum absolute atomic E-state index is 0.198. The lowest BCUT2D eigenvalue weighted by Gasteiger charge is -2.14. The lowest BCUT2D eigenvalue weighted by molar-refractivity contribution is 0.475. The minimum atomic E-state index is -0.287. The van der Waals surface area contributed by atoms with Crippen molar-refractivity contribution in [3.8, 4) is 17.1 Å². The molecule has 1 heterocycles. The molecule has 1 aromatic heterocycles. The van der Waals surface area contributed by atoms with E-state index < -0.39 is 0 Å². The number of halogens is 1. The number of phenolic OH excluding ortho intramolecular Hbond substituents is 1. The minimum Gasteiger partial charge on any atom is -0.508 e. The van der Waals surface area contributed by atoms with Crippen LogP contribution in [0.1, 0.15) is 25.5 Å². The SMILES string of the molecule is Cc1cc(O)ccc1-c1nc2cc(F)ccc2n1C(C)C. The molecule has 0 aliphatic heterocycles. The summed E-state index contributed by atoms with van der Waals surface area (Å²) in [6, 6.07) is 10.1. The van der Waals surface area contributed by atoms with Gasteiger partial charge in [-0.15, -0.1) is 0 Å². The average Bonchev–Trinajstić information content (AvgIpc) is 2.76. The molecule has 0 saturated heterocycles. The summed E-state index contributed by atoms with van der Waals surface area (Å²) in [7, 11) is 0. The number of aryl methyl sites for hydroxylation is 1. The van der Waals surface area contributed by atoms with Crippen LogP contribution in [-0.4, -0.2) is 14.7 Å². The summed E-state index contributed by atoms with van der Waals surface area (Å²) in [5.74, 6) is 0.738. The fourth-order valence-electron chi connectivity index (χ4n) is 2.68. The van der Waals surface area contributed by atoms with Crippen molar-refractivity contribution in [2.75, 3.05) is 0 Å². The summed E-state index contributed by atoms with van der Waals surface area (Å²) in [6.45, 7) is 6.08. The zero-order valence-corrected chi connectivity index (χ0v) is 12.3. The molecule has 0 spiro atoms.